The Morgan fingerprint density at radius 2 is 1.96 bits per heavy atom. The summed E-state index contributed by atoms with van der Waals surface area (Å²) in [5, 5.41) is 8.61. The first-order valence-electron chi connectivity index (χ1n) is 7.74. The normalized spacial score (nSPS) is 11.2. The van der Waals surface area contributed by atoms with Crippen LogP contribution in [0.1, 0.15) is 18.2 Å². The largest absolute Gasteiger partial charge is 0.469 e. The molecule has 2 heterocycles. The third-order valence-corrected chi connectivity index (χ3v) is 3.72. The first kappa shape index (κ1) is 15.9. The lowest BCUT2D eigenvalue weighted by Gasteiger charge is -1.99. The summed E-state index contributed by atoms with van der Waals surface area (Å²) in [5.74, 6) is 0.178. The minimum absolute atomic E-state index is 0.0569. The number of hydrogen-bond acceptors (Lipinski definition) is 5. The van der Waals surface area contributed by atoms with Crippen LogP contribution in [0.15, 0.2) is 58.9 Å². The molecule has 0 spiro atoms. The Hall–Kier alpha value is -3.02. The van der Waals surface area contributed by atoms with Crippen LogP contribution in [0.5, 0.6) is 0 Å². The number of methoxy groups -OCH3 is 1. The number of imidazole rings is 1. The molecule has 0 N–H and O–H groups in total. The fraction of sp³-hybridized carbons (Fsp3) is 0.222. The third kappa shape index (κ3) is 3.32. The van der Waals surface area contributed by atoms with Gasteiger partial charge in [0.25, 0.3) is 0 Å². The van der Waals surface area contributed by atoms with Crippen LogP contribution in [0.2, 0.25) is 0 Å². The molecule has 0 amide bonds. The molecule has 3 aromatic rings. The highest BCUT2D eigenvalue weighted by Crippen LogP contribution is 2.25. The van der Waals surface area contributed by atoms with Crippen LogP contribution in [0.25, 0.3) is 5.65 Å². The molecule has 0 saturated heterocycles. The van der Waals surface area contributed by atoms with Crippen molar-refractivity contribution in [2.75, 3.05) is 7.11 Å². The molecule has 2 aromatic heterocycles. The number of carbonyl (C=O) groups is 1. The highest BCUT2D eigenvalue weighted by molar-refractivity contribution is 5.74. The van der Waals surface area contributed by atoms with Crippen LogP contribution in [-0.2, 0) is 22.4 Å². The van der Waals surface area contributed by atoms with E-state index in [0.29, 0.717) is 17.2 Å². The van der Waals surface area contributed by atoms with Crippen LogP contribution in [-0.4, -0.2) is 22.5 Å². The molecule has 0 radical (unpaired) electrons. The molecule has 0 aliphatic heterocycles. The fourth-order valence-corrected chi connectivity index (χ4v) is 2.37. The number of aryl methyl sites for hydroxylation is 1. The summed E-state index contributed by atoms with van der Waals surface area (Å²) >= 11 is 0. The standard InChI is InChI=1S/C18H18N4O2/c1-3-13-7-9-14(10-8-13)20-21-18-15(12-17(23)24-2)19-16-6-4-5-11-22(16)18/h4-11H,3,12H2,1-2H3. The van der Waals surface area contributed by atoms with Gasteiger partial charge in [0.05, 0.1) is 24.9 Å². The number of ether oxygens (including phenoxy) is 1. The maximum atomic E-state index is 11.6. The Labute approximate surface area is 139 Å². The molecule has 0 unspecified atom stereocenters. The molecule has 0 aliphatic carbocycles. The van der Waals surface area contributed by atoms with E-state index in [4.69, 9.17) is 4.74 Å². The van der Waals surface area contributed by atoms with Crippen molar-refractivity contribution < 1.29 is 9.53 Å². The summed E-state index contributed by atoms with van der Waals surface area (Å²) in [6.07, 6.45) is 2.88. The summed E-state index contributed by atoms with van der Waals surface area (Å²) in [4.78, 5) is 16.1. The Morgan fingerprint density at radius 1 is 1.17 bits per heavy atom. The van der Waals surface area contributed by atoms with Crippen molar-refractivity contribution in [1.29, 1.82) is 0 Å². The number of azo groups is 1. The van der Waals surface area contributed by atoms with E-state index < -0.39 is 0 Å². The van der Waals surface area contributed by atoms with Crippen molar-refractivity contribution in [2.45, 2.75) is 19.8 Å². The maximum absolute atomic E-state index is 11.6. The number of fused-ring (bicyclic) bond motifs is 1. The minimum atomic E-state index is -0.359. The predicted octanol–water partition coefficient (Wildman–Crippen LogP) is 4.03. The third-order valence-electron chi connectivity index (χ3n) is 3.72. The van der Waals surface area contributed by atoms with E-state index in [1.165, 1.54) is 12.7 Å². The predicted molar refractivity (Wildman–Crippen MR) is 90.9 cm³/mol. The lowest BCUT2D eigenvalue weighted by molar-refractivity contribution is -0.139. The lowest BCUT2D eigenvalue weighted by atomic mass is 10.2. The molecular formula is C18H18N4O2. The second-order valence-corrected chi connectivity index (χ2v) is 5.28. The summed E-state index contributed by atoms with van der Waals surface area (Å²) < 4.78 is 6.54. The molecular weight excluding hydrogens is 304 g/mol. The van der Waals surface area contributed by atoms with Gasteiger partial charge in [0, 0.05) is 6.20 Å². The number of benzene rings is 1. The van der Waals surface area contributed by atoms with Crippen LogP contribution >= 0.6 is 0 Å². The van der Waals surface area contributed by atoms with Gasteiger partial charge in [0.1, 0.15) is 5.65 Å². The van der Waals surface area contributed by atoms with Gasteiger partial charge in [-0.2, -0.15) is 0 Å². The average molecular weight is 322 g/mol. The molecule has 0 atom stereocenters. The molecule has 0 bridgehead atoms. The van der Waals surface area contributed by atoms with Crippen LogP contribution < -0.4 is 0 Å². The van der Waals surface area contributed by atoms with Crippen molar-refractivity contribution in [3.05, 3.63) is 59.9 Å². The van der Waals surface area contributed by atoms with Crippen LogP contribution in [0.4, 0.5) is 11.5 Å². The summed E-state index contributed by atoms with van der Waals surface area (Å²) in [7, 11) is 1.36. The molecule has 6 heteroatoms. The molecule has 122 valence electrons. The Balaban J connectivity index is 1.97. The highest BCUT2D eigenvalue weighted by Gasteiger charge is 2.15. The average Bonchev–Trinajstić information content (AvgIpc) is 2.97. The number of nitrogens with zero attached hydrogens (tertiary/aromatic N) is 4. The monoisotopic (exact) mass is 322 g/mol. The Kier molecular flexibility index (Phi) is 4.65. The van der Waals surface area contributed by atoms with E-state index in [-0.39, 0.29) is 12.4 Å². The van der Waals surface area contributed by atoms with Crippen molar-refractivity contribution in [3.8, 4) is 0 Å². The second-order valence-electron chi connectivity index (χ2n) is 5.28. The number of esters is 1. The van der Waals surface area contributed by atoms with Crippen molar-refractivity contribution >= 4 is 23.1 Å². The van der Waals surface area contributed by atoms with Crippen molar-refractivity contribution in [1.82, 2.24) is 9.38 Å². The van der Waals surface area contributed by atoms with Gasteiger partial charge in [-0.15, -0.1) is 10.2 Å². The van der Waals surface area contributed by atoms with Gasteiger partial charge in [0.2, 0.25) is 0 Å². The van der Waals surface area contributed by atoms with E-state index in [1.807, 2.05) is 53.1 Å². The van der Waals surface area contributed by atoms with Gasteiger partial charge in [-0.05, 0) is 36.2 Å². The number of rotatable bonds is 5. The van der Waals surface area contributed by atoms with Gasteiger partial charge in [-0.1, -0.05) is 25.1 Å². The van der Waals surface area contributed by atoms with Gasteiger partial charge < -0.3 is 4.74 Å². The first-order chi connectivity index (χ1) is 11.7. The fourth-order valence-electron chi connectivity index (χ4n) is 2.37. The molecule has 0 aliphatic rings. The number of pyridine rings is 1. The Bertz CT molecular complexity index is 882. The molecule has 3 rings (SSSR count). The van der Waals surface area contributed by atoms with E-state index >= 15 is 0 Å². The van der Waals surface area contributed by atoms with Crippen LogP contribution in [0, 0.1) is 0 Å². The van der Waals surface area contributed by atoms with Crippen LogP contribution in [0.3, 0.4) is 0 Å². The zero-order chi connectivity index (χ0) is 16.9. The van der Waals surface area contributed by atoms with Gasteiger partial charge in [0.15, 0.2) is 5.82 Å². The van der Waals surface area contributed by atoms with E-state index in [2.05, 4.69) is 22.1 Å². The number of aromatic nitrogens is 2. The molecule has 0 saturated carbocycles. The van der Waals surface area contributed by atoms with Gasteiger partial charge in [-0.25, -0.2) is 4.98 Å². The summed E-state index contributed by atoms with van der Waals surface area (Å²) in [5.41, 5.74) is 3.26. The number of carbonyl (C=O) groups excluding carboxylic acids is 1. The molecule has 24 heavy (non-hydrogen) atoms. The van der Waals surface area contributed by atoms with E-state index in [9.17, 15) is 4.79 Å². The van der Waals surface area contributed by atoms with Gasteiger partial charge >= 0.3 is 5.97 Å². The Morgan fingerprint density at radius 3 is 2.67 bits per heavy atom. The summed E-state index contributed by atoms with van der Waals surface area (Å²) in [6.45, 7) is 2.11. The van der Waals surface area contributed by atoms with E-state index in [1.54, 1.807) is 0 Å². The second kappa shape index (κ2) is 7.04. The smallest absolute Gasteiger partial charge is 0.311 e. The van der Waals surface area contributed by atoms with Gasteiger partial charge in [-0.3, -0.25) is 9.20 Å². The lowest BCUT2D eigenvalue weighted by Crippen LogP contribution is -2.04. The zero-order valence-electron chi connectivity index (χ0n) is 13.6. The maximum Gasteiger partial charge on any atom is 0.311 e. The van der Waals surface area contributed by atoms with Crippen molar-refractivity contribution in [3.63, 3.8) is 0 Å². The molecule has 1 aromatic carbocycles. The van der Waals surface area contributed by atoms with E-state index in [0.717, 1.165) is 12.1 Å². The number of hydrogen-bond donors (Lipinski definition) is 0. The van der Waals surface area contributed by atoms with Crippen molar-refractivity contribution in [2.24, 2.45) is 10.2 Å². The first-order valence-corrected chi connectivity index (χ1v) is 7.74. The summed E-state index contributed by atoms with van der Waals surface area (Å²) in [6, 6.07) is 13.5. The molecule has 6 nitrogen and oxygen atoms in total. The quantitative estimate of drug-likeness (QED) is 0.526. The topological polar surface area (TPSA) is 68.3 Å². The highest BCUT2D eigenvalue weighted by atomic mass is 16.5. The zero-order valence-corrected chi connectivity index (χ0v) is 13.6. The molecule has 0 fully saturated rings. The minimum Gasteiger partial charge on any atom is -0.469 e. The SMILES string of the molecule is CCc1ccc(N=Nc2c(CC(=O)OC)nc3ccccn23)cc1.